The largest absolute Gasteiger partial charge is 0.334 e. The van der Waals surface area contributed by atoms with Gasteiger partial charge in [-0.3, -0.25) is 4.98 Å². The molecule has 0 radical (unpaired) electrons. The highest BCUT2D eigenvalue weighted by Crippen LogP contribution is 2.44. The van der Waals surface area contributed by atoms with Crippen LogP contribution in [0, 0.1) is 0 Å². The van der Waals surface area contributed by atoms with Crippen LogP contribution in [0.25, 0.3) is 154 Å². The van der Waals surface area contributed by atoms with Crippen LogP contribution in [0.4, 0.5) is 0 Å². The van der Waals surface area contributed by atoms with Crippen LogP contribution >= 0.6 is 0 Å². The fourth-order valence-electron chi connectivity index (χ4n) is 11.2. The fraction of sp³-hybridized carbons (Fsp3) is 0.0154. The minimum absolute atomic E-state index is 0.510. The van der Waals surface area contributed by atoms with Crippen LogP contribution in [-0.4, -0.2) is 34.5 Å². The Kier molecular flexibility index (Phi) is 8.74. The lowest BCUT2D eigenvalue weighted by atomic mass is 9.86. The van der Waals surface area contributed by atoms with Gasteiger partial charge in [-0.2, -0.15) is 0 Å². The predicted octanol–water partition coefficient (Wildman–Crippen LogP) is 16.1. The van der Waals surface area contributed by atoms with E-state index in [2.05, 4.69) is 208 Å². The van der Waals surface area contributed by atoms with Gasteiger partial charge in [0.25, 0.3) is 0 Å². The molecule has 334 valence electrons. The molecule has 0 bridgehead atoms. The molecule has 7 heteroatoms. The molecule has 0 amide bonds. The summed E-state index contributed by atoms with van der Waals surface area (Å²) in [5, 5.41) is 16.4. The number of imidazole rings is 1. The fourth-order valence-corrected chi connectivity index (χ4v) is 11.2. The van der Waals surface area contributed by atoms with Gasteiger partial charge in [0, 0.05) is 29.6 Å². The van der Waals surface area contributed by atoms with Crippen LogP contribution in [0.3, 0.4) is 0 Å². The first-order chi connectivity index (χ1) is 35.6. The van der Waals surface area contributed by atoms with Crippen molar-refractivity contribution in [2.75, 3.05) is 0 Å². The van der Waals surface area contributed by atoms with Crippen molar-refractivity contribution in [3.63, 3.8) is 0 Å². The molecule has 0 saturated carbocycles. The Bertz CT molecular complexity index is 4780. The van der Waals surface area contributed by atoms with E-state index in [4.69, 9.17) is 15.0 Å². The smallest absolute Gasteiger partial charge is 0.181 e. The van der Waals surface area contributed by atoms with Gasteiger partial charge in [-0.1, -0.05) is 152 Å². The highest BCUT2D eigenvalue weighted by molar-refractivity contribution is 6.26. The number of hydrogen-bond donors (Lipinski definition) is 0. The summed E-state index contributed by atoms with van der Waals surface area (Å²) >= 11 is 0. The molecule has 4 heterocycles. The van der Waals surface area contributed by atoms with E-state index in [0.29, 0.717) is 17.3 Å². The maximum absolute atomic E-state index is 5.04. The van der Waals surface area contributed by atoms with Crippen LogP contribution < -0.4 is 0 Å². The molecule has 15 aromatic rings. The Morgan fingerprint density at radius 3 is 1.88 bits per heavy atom. The summed E-state index contributed by atoms with van der Waals surface area (Å²) in [5.41, 5.74) is 12.4. The molecule has 72 heavy (non-hydrogen) atoms. The second kappa shape index (κ2) is 15.7. The van der Waals surface area contributed by atoms with E-state index in [-0.39, 0.29) is 0 Å². The molecule has 0 fully saturated rings. The van der Waals surface area contributed by atoms with Crippen molar-refractivity contribution in [1.29, 1.82) is 0 Å². The van der Waals surface area contributed by atoms with E-state index < -0.39 is 0 Å². The Labute approximate surface area is 412 Å². The number of aryl methyl sites for hydroxylation is 1. The lowest BCUT2D eigenvalue weighted by Gasteiger charge is -2.17. The molecule has 0 saturated heterocycles. The number of aromatic nitrogens is 7. The van der Waals surface area contributed by atoms with Crippen LogP contribution in [0.2, 0.25) is 0 Å². The highest BCUT2D eigenvalue weighted by Gasteiger charge is 2.18. The number of fused-ring (bicyclic) bond motifs is 14. The molecule has 0 spiro atoms. The van der Waals surface area contributed by atoms with Crippen molar-refractivity contribution in [2.24, 2.45) is 7.05 Å². The summed E-state index contributed by atoms with van der Waals surface area (Å²) in [6, 6.07) is 72.7. The Morgan fingerprint density at radius 1 is 0.347 bits per heavy atom. The van der Waals surface area contributed by atoms with Gasteiger partial charge in [0.05, 0.1) is 28.4 Å². The zero-order chi connectivity index (χ0) is 47.4. The first-order valence-corrected chi connectivity index (χ1v) is 24.2. The molecule has 4 aromatic heterocycles. The minimum atomic E-state index is 0.510. The maximum atomic E-state index is 5.04. The van der Waals surface area contributed by atoms with Crippen LogP contribution in [0.5, 0.6) is 0 Å². The van der Waals surface area contributed by atoms with E-state index in [1.807, 2.05) is 25.5 Å². The van der Waals surface area contributed by atoms with Gasteiger partial charge < -0.3 is 4.57 Å². The van der Waals surface area contributed by atoms with Gasteiger partial charge in [-0.15, -0.1) is 0 Å². The van der Waals surface area contributed by atoms with E-state index in [1.165, 1.54) is 65.0 Å². The zero-order valence-corrected chi connectivity index (χ0v) is 38.9. The number of rotatable bonds is 5. The summed E-state index contributed by atoms with van der Waals surface area (Å²) in [6.45, 7) is 0. The van der Waals surface area contributed by atoms with E-state index >= 15 is 0 Å². The molecule has 0 N–H and O–H groups in total. The second-order valence-electron chi connectivity index (χ2n) is 18.8. The Balaban J connectivity index is 0.917. The predicted molar refractivity (Wildman–Crippen MR) is 297 cm³/mol. The molecule has 0 aliphatic heterocycles. The van der Waals surface area contributed by atoms with Gasteiger partial charge in [-0.25, -0.2) is 24.9 Å². The summed E-state index contributed by atoms with van der Waals surface area (Å²) in [5.74, 6) is 1.10. The van der Waals surface area contributed by atoms with Gasteiger partial charge in [0.1, 0.15) is 12.0 Å². The van der Waals surface area contributed by atoms with Crippen LogP contribution in [-0.2, 0) is 7.05 Å². The molecule has 0 atom stereocenters. The molecule has 0 aliphatic carbocycles. The van der Waals surface area contributed by atoms with Crippen molar-refractivity contribution in [3.05, 3.63) is 219 Å². The van der Waals surface area contributed by atoms with Gasteiger partial charge in [0.2, 0.25) is 0 Å². The van der Waals surface area contributed by atoms with Crippen molar-refractivity contribution in [3.8, 4) is 56.3 Å². The van der Waals surface area contributed by atoms with Crippen LogP contribution in [0.15, 0.2) is 219 Å². The molecular formula is C65H39N7. The molecule has 15 rings (SSSR count). The number of hydrogen-bond acceptors (Lipinski definition) is 6. The molecule has 11 aromatic carbocycles. The quantitative estimate of drug-likeness (QED) is 0.160. The number of pyridine rings is 2. The monoisotopic (exact) mass is 917 g/mol. The molecule has 0 unspecified atom stereocenters. The number of benzene rings is 11. The standard InChI is InChI=1S/C65H39N7/c1-72-37-69-57-28-25-46(35-59(57)72)44-8-4-9-45(31-44)48-33-55(52-27-23-40-17-14-38-7-2-3-11-49(38)60(40)56(52)34-48)50-12-5-13-53-51(50)26-22-41-18-15-39-16-21-47(32-54(39)61(41)53)64-67-36-68-65(71-64)58-29-24-43-20-19-42-10-6-30-66-62(42)63(43)70-58/h2-37H,1H3. The first kappa shape index (κ1) is 40.2. The van der Waals surface area contributed by atoms with Gasteiger partial charge >= 0.3 is 0 Å². The minimum Gasteiger partial charge on any atom is -0.334 e. The van der Waals surface area contributed by atoms with E-state index in [0.717, 1.165) is 71.4 Å². The normalized spacial score (nSPS) is 12.0. The third kappa shape index (κ3) is 6.31. The highest BCUT2D eigenvalue weighted by atomic mass is 15.0. The van der Waals surface area contributed by atoms with Crippen molar-refractivity contribution in [2.45, 2.75) is 0 Å². The summed E-state index contributed by atoms with van der Waals surface area (Å²) < 4.78 is 2.08. The van der Waals surface area contributed by atoms with E-state index in [9.17, 15) is 0 Å². The molecule has 0 aliphatic rings. The zero-order valence-electron chi connectivity index (χ0n) is 38.9. The topological polar surface area (TPSA) is 82.3 Å². The lowest BCUT2D eigenvalue weighted by molar-refractivity contribution is 0.948. The van der Waals surface area contributed by atoms with Crippen molar-refractivity contribution >= 4 is 97.5 Å². The average Bonchev–Trinajstić information content (AvgIpc) is 3.83. The average molecular weight is 918 g/mol. The molecule has 7 nitrogen and oxygen atoms in total. The Morgan fingerprint density at radius 2 is 0.986 bits per heavy atom. The summed E-state index contributed by atoms with van der Waals surface area (Å²) in [7, 11) is 2.05. The van der Waals surface area contributed by atoms with Crippen molar-refractivity contribution < 1.29 is 0 Å². The third-order valence-electron chi connectivity index (χ3n) is 14.7. The lowest BCUT2D eigenvalue weighted by Crippen LogP contribution is -1.97. The first-order valence-electron chi connectivity index (χ1n) is 24.2. The third-order valence-corrected chi connectivity index (χ3v) is 14.7. The summed E-state index contributed by atoms with van der Waals surface area (Å²) in [6.07, 6.45) is 5.27. The SMILES string of the molecule is Cn1cnc2ccc(-c3cccc(-c4cc(-c5cccc6c5ccc5ccc7ccc(-c8ncnc(-c9ccc%10ccc%11cccnc%11c%10n9)n8)cc7c56)c5ccc6ccc7ccccc7c6c5c4)c3)cc21. The Hall–Kier alpha value is -9.72. The van der Waals surface area contributed by atoms with Crippen LogP contribution in [0.1, 0.15) is 0 Å². The molecular weight excluding hydrogens is 879 g/mol. The second-order valence-corrected chi connectivity index (χ2v) is 18.8. The number of nitrogens with zero attached hydrogens (tertiary/aromatic N) is 7. The van der Waals surface area contributed by atoms with Gasteiger partial charge in [0.15, 0.2) is 11.6 Å². The maximum Gasteiger partial charge on any atom is 0.181 e. The van der Waals surface area contributed by atoms with E-state index in [1.54, 1.807) is 12.5 Å². The van der Waals surface area contributed by atoms with Gasteiger partial charge in [-0.05, 0) is 147 Å². The summed E-state index contributed by atoms with van der Waals surface area (Å²) in [4.78, 5) is 28.7. The van der Waals surface area contributed by atoms with Crippen molar-refractivity contribution in [1.82, 2.24) is 34.5 Å².